The number of nitrogens with one attached hydrogen (secondary N) is 1. The molecule has 0 aromatic heterocycles. The number of azo groups is 1. The van der Waals surface area contributed by atoms with E-state index in [4.69, 9.17) is 27.9 Å². The van der Waals surface area contributed by atoms with Gasteiger partial charge in [-0.25, -0.2) is 0 Å². The fourth-order valence-electron chi connectivity index (χ4n) is 3.82. The Bertz CT molecular complexity index is 1710. The van der Waals surface area contributed by atoms with E-state index in [-0.39, 0.29) is 43.1 Å². The average Bonchev–Trinajstić information content (AvgIpc) is 2.86. The molecule has 0 radical (unpaired) electrons. The minimum Gasteiger partial charge on any atom is -0.505 e. The number of hydrogen-bond donors (Lipinski definition) is 3. The summed E-state index contributed by atoms with van der Waals surface area (Å²) in [6.07, 6.45) is 0. The highest BCUT2D eigenvalue weighted by atomic mass is 35.5. The number of nitrogens with zero attached hydrogens (tertiary/aromatic N) is 2. The number of hydrogen-bond acceptors (Lipinski definition) is 7. The zero-order valence-corrected chi connectivity index (χ0v) is 22.4. The van der Waals surface area contributed by atoms with Crippen molar-refractivity contribution < 1.29 is 27.6 Å². The Morgan fingerprint density at radius 3 is 2.42 bits per heavy atom. The standard InChI is InChI=1S/C26H21Cl2N3O6S/c1-3-37-20-10-6-9-18(27)24(20)29-26(33)17-13-15-7-4-5-8-16(15)23(25(17)32)31-30-22-14(2)21(38(34,35)36)12-11-19(22)28/h4-13,32H,3H2,1-2H3,(H,29,33)(H,34,35,36). The minimum absolute atomic E-state index is 0.0300. The molecule has 0 unspecified atom stereocenters. The first-order valence-corrected chi connectivity index (χ1v) is 13.4. The van der Waals surface area contributed by atoms with Crippen molar-refractivity contribution in [2.45, 2.75) is 18.7 Å². The van der Waals surface area contributed by atoms with Crippen molar-refractivity contribution in [2.24, 2.45) is 10.2 Å². The van der Waals surface area contributed by atoms with Gasteiger partial charge in [0.1, 0.15) is 22.8 Å². The van der Waals surface area contributed by atoms with Gasteiger partial charge in [-0.3, -0.25) is 9.35 Å². The molecular weight excluding hydrogens is 553 g/mol. The number of anilines is 1. The van der Waals surface area contributed by atoms with Crippen LogP contribution >= 0.6 is 23.2 Å². The number of carbonyl (C=O) groups excluding carboxylic acids is 1. The predicted octanol–water partition coefficient (Wildman–Crippen LogP) is 7.47. The lowest BCUT2D eigenvalue weighted by molar-refractivity contribution is 0.102. The first kappa shape index (κ1) is 27.3. The Kier molecular flexibility index (Phi) is 7.89. The Hall–Kier alpha value is -3.70. The van der Waals surface area contributed by atoms with Gasteiger partial charge in [-0.15, -0.1) is 10.2 Å². The molecule has 3 N–H and O–H groups in total. The lowest BCUT2D eigenvalue weighted by Gasteiger charge is -2.15. The van der Waals surface area contributed by atoms with E-state index in [1.54, 1.807) is 49.4 Å². The number of carbonyl (C=O) groups is 1. The summed E-state index contributed by atoms with van der Waals surface area (Å²) in [6, 6.07) is 15.7. The van der Waals surface area contributed by atoms with Crippen LogP contribution in [0.5, 0.6) is 11.5 Å². The van der Waals surface area contributed by atoms with E-state index < -0.39 is 21.8 Å². The Balaban J connectivity index is 1.84. The van der Waals surface area contributed by atoms with Gasteiger partial charge < -0.3 is 15.2 Å². The minimum atomic E-state index is -4.54. The second-order valence-electron chi connectivity index (χ2n) is 8.04. The van der Waals surface area contributed by atoms with Gasteiger partial charge in [-0.05, 0) is 55.1 Å². The van der Waals surface area contributed by atoms with Gasteiger partial charge in [-0.2, -0.15) is 8.42 Å². The van der Waals surface area contributed by atoms with Gasteiger partial charge in [0.05, 0.1) is 27.1 Å². The third-order valence-corrected chi connectivity index (χ3v) is 7.23. The molecule has 0 spiro atoms. The highest BCUT2D eigenvalue weighted by Crippen LogP contribution is 2.42. The van der Waals surface area contributed by atoms with Gasteiger partial charge in [-0.1, -0.05) is 53.5 Å². The van der Waals surface area contributed by atoms with Crippen molar-refractivity contribution in [3.63, 3.8) is 0 Å². The van der Waals surface area contributed by atoms with E-state index in [0.717, 1.165) is 6.07 Å². The topological polar surface area (TPSA) is 138 Å². The molecule has 38 heavy (non-hydrogen) atoms. The molecule has 4 aromatic rings. The average molecular weight is 574 g/mol. The van der Waals surface area contributed by atoms with Gasteiger partial charge in [0.25, 0.3) is 16.0 Å². The highest BCUT2D eigenvalue weighted by Gasteiger charge is 2.22. The maximum atomic E-state index is 13.3. The third kappa shape index (κ3) is 5.44. The van der Waals surface area contributed by atoms with Crippen LogP contribution in [-0.4, -0.2) is 30.6 Å². The third-order valence-electron chi connectivity index (χ3n) is 5.61. The zero-order chi connectivity index (χ0) is 27.6. The summed E-state index contributed by atoms with van der Waals surface area (Å²) in [5, 5.41) is 23.4. The van der Waals surface area contributed by atoms with E-state index in [0.29, 0.717) is 23.1 Å². The first-order chi connectivity index (χ1) is 18.0. The van der Waals surface area contributed by atoms with Crippen molar-refractivity contribution in [2.75, 3.05) is 11.9 Å². The molecule has 12 heteroatoms. The second kappa shape index (κ2) is 11.0. The van der Waals surface area contributed by atoms with Crippen LogP contribution in [-0.2, 0) is 10.1 Å². The quantitative estimate of drug-likeness (QED) is 0.155. The summed E-state index contributed by atoms with van der Waals surface area (Å²) >= 11 is 12.5. The van der Waals surface area contributed by atoms with Crippen LogP contribution in [0.4, 0.5) is 17.1 Å². The fourth-order valence-corrected chi connectivity index (χ4v) is 5.00. The van der Waals surface area contributed by atoms with Gasteiger partial charge in [0.2, 0.25) is 0 Å². The monoisotopic (exact) mass is 573 g/mol. The second-order valence-corrected chi connectivity index (χ2v) is 10.2. The normalized spacial score (nSPS) is 11.7. The van der Waals surface area contributed by atoms with Crippen molar-refractivity contribution in [1.29, 1.82) is 0 Å². The molecular formula is C26H21Cl2N3O6S. The SMILES string of the molecule is CCOc1cccc(Cl)c1NC(=O)c1cc2ccccc2c(N=Nc2c(Cl)ccc(S(=O)(=O)O)c2C)c1O. The first-order valence-electron chi connectivity index (χ1n) is 11.2. The largest absolute Gasteiger partial charge is 0.505 e. The molecule has 196 valence electrons. The van der Waals surface area contributed by atoms with E-state index in [9.17, 15) is 22.9 Å². The number of rotatable bonds is 7. The fraction of sp³-hybridized carbons (Fsp3) is 0.115. The Morgan fingerprint density at radius 2 is 1.71 bits per heavy atom. The highest BCUT2D eigenvalue weighted by molar-refractivity contribution is 7.85. The number of phenols is 1. The number of phenolic OH excluding ortho intramolecular Hbond substituents is 1. The molecule has 4 rings (SSSR count). The molecule has 4 aromatic carbocycles. The summed E-state index contributed by atoms with van der Waals surface area (Å²) in [5.41, 5.74) is 0.0991. The van der Waals surface area contributed by atoms with Crippen molar-refractivity contribution in [3.05, 3.63) is 81.8 Å². The van der Waals surface area contributed by atoms with Crippen molar-refractivity contribution in [3.8, 4) is 11.5 Å². The van der Waals surface area contributed by atoms with Crippen LogP contribution in [0.2, 0.25) is 10.0 Å². The van der Waals surface area contributed by atoms with Crippen LogP contribution in [0.1, 0.15) is 22.8 Å². The van der Waals surface area contributed by atoms with Crippen LogP contribution in [0.25, 0.3) is 10.8 Å². The molecule has 1 amide bonds. The van der Waals surface area contributed by atoms with Crippen LogP contribution in [0, 0.1) is 6.92 Å². The smallest absolute Gasteiger partial charge is 0.294 e. The maximum Gasteiger partial charge on any atom is 0.294 e. The van der Waals surface area contributed by atoms with Crippen LogP contribution in [0.15, 0.2) is 75.8 Å². The number of benzene rings is 4. The Morgan fingerprint density at radius 1 is 1.00 bits per heavy atom. The number of para-hydroxylation sites is 1. The molecule has 0 fully saturated rings. The van der Waals surface area contributed by atoms with E-state index in [1.165, 1.54) is 19.1 Å². The molecule has 0 saturated heterocycles. The summed E-state index contributed by atoms with van der Waals surface area (Å²) in [5.74, 6) is -0.798. The number of amides is 1. The summed E-state index contributed by atoms with van der Waals surface area (Å²) in [4.78, 5) is 12.9. The van der Waals surface area contributed by atoms with Crippen LogP contribution < -0.4 is 10.1 Å². The lowest BCUT2D eigenvalue weighted by Crippen LogP contribution is -2.14. The molecule has 0 bridgehead atoms. The molecule has 0 heterocycles. The van der Waals surface area contributed by atoms with Crippen molar-refractivity contribution in [1.82, 2.24) is 0 Å². The zero-order valence-electron chi connectivity index (χ0n) is 20.1. The lowest BCUT2D eigenvalue weighted by atomic mass is 10.0. The van der Waals surface area contributed by atoms with E-state index in [1.807, 2.05) is 0 Å². The maximum absolute atomic E-state index is 13.3. The molecule has 0 aliphatic carbocycles. The van der Waals surface area contributed by atoms with E-state index >= 15 is 0 Å². The number of ether oxygens (including phenoxy) is 1. The number of fused-ring (bicyclic) bond motifs is 1. The molecule has 0 aliphatic heterocycles. The molecule has 0 aliphatic rings. The summed E-state index contributed by atoms with van der Waals surface area (Å²) in [7, 11) is -4.54. The summed E-state index contributed by atoms with van der Waals surface area (Å²) in [6.45, 7) is 3.54. The molecule has 0 atom stereocenters. The summed E-state index contributed by atoms with van der Waals surface area (Å²) < 4.78 is 38.5. The van der Waals surface area contributed by atoms with Gasteiger partial charge in [0, 0.05) is 5.39 Å². The van der Waals surface area contributed by atoms with Crippen molar-refractivity contribution >= 4 is 67.1 Å². The van der Waals surface area contributed by atoms with Gasteiger partial charge in [0.15, 0.2) is 5.75 Å². The van der Waals surface area contributed by atoms with E-state index in [2.05, 4.69) is 15.5 Å². The van der Waals surface area contributed by atoms with Gasteiger partial charge >= 0.3 is 0 Å². The molecule has 9 nitrogen and oxygen atoms in total. The number of halogens is 2. The number of aromatic hydroxyl groups is 1. The Labute approximate surface area is 228 Å². The van der Waals surface area contributed by atoms with Crippen LogP contribution in [0.3, 0.4) is 0 Å². The predicted molar refractivity (Wildman–Crippen MR) is 146 cm³/mol. The molecule has 0 saturated carbocycles.